The number of hydrogen-bond acceptors (Lipinski definition) is 5. The first-order valence-corrected chi connectivity index (χ1v) is 6.56. The molecule has 1 aromatic rings. The zero-order valence-electron chi connectivity index (χ0n) is 10.9. The molecule has 0 saturated heterocycles. The smallest absolute Gasteiger partial charge is 0.158 e. The van der Waals surface area contributed by atoms with E-state index in [2.05, 4.69) is 16.9 Å². The summed E-state index contributed by atoms with van der Waals surface area (Å²) in [5.41, 5.74) is 0. The minimum atomic E-state index is 0.0857. The summed E-state index contributed by atoms with van der Waals surface area (Å²) in [6, 6.07) is 1.71. The van der Waals surface area contributed by atoms with Gasteiger partial charge in [-0.2, -0.15) is 0 Å². The first-order chi connectivity index (χ1) is 8.71. The van der Waals surface area contributed by atoms with Gasteiger partial charge in [0.2, 0.25) is 0 Å². The molecule has 6 heteroatoms. The second kappa shape index (κ2) is 8.24. The first-order valence-electron chi connectivity index (χ1n) is 6.18. The molecule has 1 heterocycles. The van der Waals surface area contributed by atoms with Gasteiger partial charge in [-0.05, 0) is 13.3 Å². The highest BCUT2D eigenvalue weighted by molar-refractivity contribution is 6.29. The zero-order valence-corrected chi connectivity index (χ0v) is 11.7. The molecule has 0 unspecified atom stereocenters. The van der Waals surface area contributed by atoms with Crippen molar-refractivity contribution in [1.29, 1.82) is 0 Å². The number of anilines is 1. The number of halogens is 1. The fourth-order valence-electron chi connectivity index (χ4n) is 1.60. The molecule has 0 aromatic carbocycles. The van der Waals surface area contributed by atoms with E-state index >= 15 is 0 Å². The van der Waals surface area contributed by atoms with Gasteiger partial charge in [0.05, 0.1) is 6.61 Å². The molecular weight excluding hydrogens is 254 g/mol. The van der Waals surface area contributed by atoms with E-state index in [0.29, 0.717) is 30.7 Å². The van der Waals surface area contributed by atoms with Crippen LogP contribution in [0.5, 0.6) is 0 Å². The Balaban J connectivity index is 2.87. The van der Waals surface area contributed by atoms with Gasteiger partial charge >= 0.3 is 0 Å². The number of aromatic nitrogens is 2. The number of aliphatic hydroxyl groups is 1. The third-order valence-electron chi connectivity index (χ3n) is 2.35. The maximum absolute atomic E-state index is 9.06. The van der Waals surface area contributed by atoms with Crippen molar-refractivity contribution in [2.45, 2.75) is 26.9 Å². The molecule has 0 atom stereocenters. The fraction of sp³-hybridized carbons (Fsp3) is 0.667. The van der Waals surface area contributed by atoms with Crippen molar-refractivity contribution in [3.63, 3.8) is 0 Å². The largest absolute Gasteiger partial charge is 0.395 e. The fourth-order valence-corrected chi connectivity index (χ4v) is 1.80. The van der Waals surface area contributed by atoms with Crippen LogP contribution in [0.2, 0.25) is 5.15 Å². The molecule has 1 aromatic heterocycles. The average Bonchev–Trinajstić information content (AvgIpc) is 2.35. The van der Waals surface area contributed by atoms with Crippen LogP contribution in [-0.2, 0) is 11.3 Å². The molecule has 5 nitrogen and oxygen atoms in total. The van der Waals surface area contributed by atoms with Gasteiger partial charge in [-0.3, -0.25) is 0 Å². The number of aliphatic hydroxyl groups excluding tert-OH is 1. The summed E-state index contributed by atoms with van der Waals surface area (Å²) in [6.07, 6.45) is 0.975. The molecular formula is C12H20ClN3O2. The summed E-state index contributed by atoms with van der Waals surface area (Å²) in [7, 11) is 0. The Hall–Kier alpha value is -0.910. The van der Waals surface area contributed by atoms with Gasteiger partial charge in [0.25, 0.3) is 0 Å². The highest BCUT2D eigenvalue weighted by Gasteiger charge is 2.10. The van der Waals surface area contributed by atoms with Crippen LogP contribution in [-0.4, -0.2) is 41.4 Å². The zero-order chi connectivity index (χ0) is 13.4. The van der Waals surface area contributed by atoms with E-state index in [1.54, 1.807) is 6.07 Å². The molecule has 0 aliphatic rings. The molecule has 102 valence electrons. The van der Waals surface area contributed by atoms with Crippen LogP contribution in [0.4, 0.5) is 5.82 Å². The number of ether oxygens (including phenoxy) is 1. The Morgan fingerprint density at radius 3 is 2.72 bits per heavy atom. The number of nitrogens with zero attached hydrogens (tertiary/aromatic N) is 3. The third-order valence-corrected chi connectivity index (χ3v) is 2.54. The maximum Gasteiger partial charge on any atom is 0.158 e. The molecule has 0 fully saturated rings. The Morgan fingerprint density at radius 1 is 1.33 bits per heavy atom. The standard InChI is InChI=1S/C12H20ClN3O2/c1-3-5-16(6-7-17)12-8-10(13)14-11(15-12)9-18-4-2/h8,17H,3-7,9H2,1-2H3. The highest BCUT2D eigenvalue weighted by atomic mass is 35.5. The molecule has 1 rings (SSSR count). The highest BCUT2D eigenvalue weighted by Crippen LogP contribution is 2.16. The van der Waals surface area contributed by atoms with Crippen molar-refractivity contribution in [1.82, 2.24) is 9.97 Å². The van der Waals surface area contributed by atoms with E-state index in [0.717, 1.165) is 18.8 Å². The van der Waals surface area contributed by atoms with E-state index < -0.39 is 0 Å². The third kappa shape index (κ3) is 4.76. The second-order valence-corrected chi connectivity index (χ2v) is 4.20. The lowest BCUT2D eigenvalue weighted by molar-refractivity contribution is 0.128. The van der Waals surface area contributed by atoms with Crippen LogP contribution < -0.4 is 4.90 Å². The molecule has 0 amide bonds. The van der Waals surface area contributed by atoms with Crippen LogP contribution in [0.15, 0.2) is 6.07 Å². The molecule has 0 aliphatic heterocycles. The Morgan fingerprint density at radius 2 is 2.11 bits per heavy atom. The molecule has 0 saturated carbocycles. The molecule has 0 bridgehead atoms. The first kappa shape index (κ1) is 15.1. The van der Waals surface area contributed by atoms with Crippen LogP contribution >= 0.6 is 11.6 Å². The lowest BCUT2D eigenvalue weighted by Crippen LogP contribution is -2.28. The van der Waals surface area contributed by atoms with Crippen molar-refractivity contribution in [3.05, 3.63) is 17.0 Å². The predicted octanol–water partition coefficient (Wildman–Crippen LogP) is 1.88. The minimum absolute atomic E-state index is 0.0857. The topological polar surface area (TPSA) is 58.5 Å². The van der Waals surface area contributed by atoms with Gasteiger partial charge < -0.3 is 14.7 Å². The Kier molecular flexibility index (Phi) is 6.93. The van der Waals surface area contributed by atoms with Gasteiger partial charge in [-0.15, -0.1) is 0 Å². The molecule has 1 N–H and O–H groups in total. The summed E-state index contributed by atoms with van der Waals surface area (Å²) < 4.78 is 5.28. The monoisotopic (exact) mass is 273 g/mol. The van der Waals surface area contributed by atoms with Crippen molar-refractivity contribution >= 4 is 17.4 Å². The summed E-state index contributed by atoms with van der Waals surface area (Å²) in [5.74, 6) is 1.30. The lowest BCUT2D eigenvalue weighted by Gasteiger charge is -2.22. The average molecular weight is 274 g/mol. The van der Waals surface area contributed by atoms with E-state index in [1.165, 1.54) is 0 Å². The van der Waals surface area contributed by atoms with Gasteiger partial charge in [0.15, 0.2) is 5.82 Å². The summed E-state index contributed by atoms with van der Waals surface area (Å²) >= 11 is 5.98. The van der Waals surface area contributed by atoms with Gasteiger partial charge in [0, 0.05) is 25.8 Å². The van der Waals surface area contributed by atoms with E-state index in [9.17, 15) is 0 Å². The summed E-state index contributed by atoms with van der Waals surface area (Å²) in [4.78, 5) is 10.5. The van der Waals surface area contributed by atoms with Gasteiger partial charge in [0.1, 0.15) is 17.6 Å². The molecule has 0 radical (unpaired) electrons. The van der Waals surface area contributed by atoms with Crippen molar-refractivity contribution in [2.24, 2.45) is 0 Å². The van der Waals surface area contributed by atoms with Crippen molar-refractivity contribution in [2.75, 3.05) is 31.2 Å². The minimum Gasteiger partial charge on any atom is -0.395 e. The lowest BCUT2D eigenvalue weighted by atomic mass is 10.4. The normalized spacial score (nSPS) is 10.7. The van der Waals surface area contributed by atoms with Crippen molar-refractivity contribution < 1.29 is 9.84 Å². The number of rotatable bonds is 8. The quantitative estimate of drug-likeness (QED) is 0.733. The predicted molar refractivity (Wildman–Crippen MR) is 72.0 cm³/mol. The van der Waals surface area contributed by atoms with Crippen LogP contribution in [0, 0.1) is 0 Å². The Labute approximate surface area is 113 Å². The summed E-state index contributed by atoms with van der Waals surface area (Å²) in [6.45, 7) is 6.40. The van der Waals surface area contributed by atoms with Gasteiger partial charge in [-0.25, -0.2) is 9.97 Å². The Bertz CT molecular complexity index is 357. The molecule has 0 spiro atoms. The molecule has 0 aliphatic carbocycles. The SMILES string of the molecule is CCCN(CCO)c1cc(Cl)nc(COCC)n1. The number of hydrogen-bond donors (Lipinski definition) is 1. The second-order valence-electron chi connectivity index (χ2n) is 3.81. The van der Waals surface area contributed by atoms with Crippen molar-refractivity contribution in [3.8, 4) is 0 Å². The molecule has 18 heavy (non-hydrogen) atoms. The van der Waals surface area contributed by atoms with Gasteiger partial charge in [-0.1, -0.05) is 18.5 Å². The van der Waals surface area contributed by atoms with Crippen LogP contribution in [0.1, 0.15) is 26.1 Å². The van der Waals surface area contributed by atoms with Crippen LogP contribution in [0.25, 0.3) is 0 Å². The maximum atomic E-state index is 9.06. The van der Waals surface area contributed by atoms with E-state index in [4.69, 9.17) is 21.4 Å². The summed E-state index contributed by atoms with van der Waals surface area (Å²) in [5, 5.41) is 9.46. The van der Waals surface area contributed by atoms with E-state index in [1.807, 2.05) is 11.8 Å². The van der Waals surface area contributed by atoms with Crippen LogP contribution in [0.3, 0.4) is 0 Å². The van der Waals surface area contributed by atoms with E-state index in [-0.39, 0.29) is 6.61 Å².